The van der Waals surface area contributed by atoms with E-state index in [1.165, 1.54) is 0 Å². The Hall–Kier alpha value is -1.03. The van der Waals surface area contributed by atoms with Crippen LogP contribution in [0.4, 0.5) is 5.69 Å². The molecule has 0 atom stereocenters. The molecule has 0 aliphatic carbocycles. The molecule has 0 aromatic carbocycles. The lowest BCUT2D eigenvalue weighted by Crippen LogP contribution is -1.96. The van der Waals surface area contributed by atoms with Crippen LogP contribution < -0.4 is 5.73 Å². The molecule has 9 heavy (non-hydrogen) atoms. The van der Waals surface area contributed by atoms with Crippen LogP contribution in [0.1, 0.15) is 9.67 Å². The van der Waals surface area contributed by atoms with Crippen LogP contribution in [0, 0.1) is 0 Å². The molecule has 0 aliphatic heterocycles. The van der Waals surface area contributed by atoms with Crippen LogP contribution in [0.3, 0.4) is 0 Å². The maximum atomic E-state index is 10.2. The van der Waals surface area contributed by atoms with E-state index in [2.05, 4.69) is 0 Å². The topological polar surface area (TPSA) is 63.3 Å². The zero-order valence-corrected chi connectivity index (χ0v) is 5.31. The number of anilines is 1. The van der Waals surface area contributed by atoms with Crippen molar-refractivity contribution in [1.82, 2.24) is 0 Å². The van der Waals surface area contributed by atoms with Crippen LogP contribution in [0.25, 0.3) is 0 Å². The summed E-state index contributed by atoms with van der Waals surface area (Å²) in [6.07, 6.45) is 0. The van der Waals surface area contributed by atoms with Gasteiger partial charge in [0, 0.05) is 0 Å². The summed E-state index contributed by atoms with van der Waals surface area (Å²) in [5, 5.41) is 10.0. The van der Waals surface area contributed by atoms with Crippen LogP contribution in [-0.4, -0.2) is 11.1 Å². The van der Waals surface area contributed by atoms with Crippen molar-refractivity contribution in [3.8, 4) is 0 Å². The molecule has 1 rings (SSSR count). The van der Waals surface area contributed by atoms with Crippen molar-refractivity contribution in [1.29, 1.82) is 0 Å². The van der Waals surface area contributed by atoms with Crippen LogP contribution in [0.2, 0.25) is 0 Å². The summed E-state index contributed by atoms with van der Waals surface area (Å²) in [6.45, 7) is 0. The van der Waals surface area contributed by atoms with E-state index in [0.717, 1.165) is 11.3 Å². The van der Waals surface area contributed by atoms with Crippen LogP contribution in [0.5, 0.6) is 0 Å². The molecule has 0 fully saturated rings. The summed E-state index contributed by atoms with van der Waals surface area (Å²) in [5.74, 6) is -0.956. The number of carboxylic acid groups (broad SMARTS) is 1. The van der Waals surface area contributed by atoms with Crippen molar-refractivity contribution >= 4 is 23.0 Å². The maximum absolute atomic E-state index is 10.2. The van der Waals surface area contributed by atoms with E-state index in [9.17, 15) is 4.79 Å². The van der Waals surface area contributed by atoms with Gasteiger partial charge in [0.25, 0.3) is 0 Å². The quantitative estimate of drug-likeness (QED) is 0.617. The van der Waals surface area contributed by atoms with E-state index >= 15 is 0 Å². The van der Waals surface area contributed by atoms with Crippen molar-refractivity contribution in [2.75, 3.05) is 5.73 Å². The Morgan fingerprint density at radius 3 is 2.67 bits per heavy atom. The zero-order chi connectivity index (χ0) is 6.85. The first-order chi connectivity index (χ1) is 4.22. The van der Waals surface area contributed by atoms with Crippen LogP contribution in [-0.2, 0) is 0 Å². The molecule has 0 aliphatic rings. The highest BCUT2D eigenvalue weighted by molar-refractivity contribution is 7.12. The molecule has 0 radical (unpaired) electrons. The number of hydrogen-bond acceptors (Lipinski definition) is 3. The minimum absolute atomic E-state index is 0.218. The first-order valence-electron chi connectivity index (χ1n) is 2.28. The van der Waals surface area contributed by atoms with Gasteiger partial charge < -0.3 is 10.8 Å². The molecule has 3 N–H and O–H groups in total. The molecule has 3 nitrogen and oxygen atoms in total. The summed E-state index contributed by atoms with van der Waals surface area (Å²) in [6, 6.07) is 1.58. The fraction of sp³-hybridized carbons (Fsp3) is 0. The highest BCUT2D eigenvalue weighted by Gasteiger charge is 2.06. The van der Waals surface area contributed by atoms with Crippen LogP contribution >= 0.6 is 11.3 Å². The first kappa shape index (κ1) is 6.10. The molecule has 1 aromatic rings. The van der Waals surface area contributed by atoms with E-state index < -0.39 is 5.97 Å². The van der Waals surface area contributed by atoms with Crippen LogP contribution in [0.15, 0.2) is 11.4 Å². The number of nitrogen functional groups attached to an aromatic ring is 1. The molecular formula is C5H5NO2S. The normalized spacial score (nSPS) is 9.33. The summed E-state index contributed by atoms with van der Waals surface area (Å²) >= 11 is 1.13. The number of thiophene rings is 1. The summed E-state index contributed by atoms with van der Waals surface area (Å²) < 4.78 is 0. The van der Waals surface area contributed by atoms with Crippen molar-refractivity contribution in [3.63, 3.8) is 0 Å². The van der Waals surface area contributed by atoms with E-state index in [1.807, 2.05) is 0 Å². The molecule has 0 unspecified atom stereocenters. The molecule has 0 saturated carbocycles. The third-order valence-electron chi connectivity index (χ3n) is 0.890. The Morgan fingerprint density at radius 2 is 2.44 bits per heavy atom. The smallest absolute Gasteiger partial charge is 0.348 e. The van der Waals surface area contributed by atoms with Gasteiger partial charge in [-0.25, -0.2) is 4.79 Å². The molecule has 1 heterocycles. The lowest BCUT2D eigenvalue weighted by Gasteiger charge is -1.86. The lowest BCUT2D eigenvalue weighted by atomic mass is 10.4. The first-order valence-corrected chi connectivity index (χ1v) is 3.16. The molecule has 0 bridgehead atoms. The van der Waals surface area contributed by atoms with Crippen molar-refractivity contribution in [3.05, 3.63) is 16.3 Å². The van der Waals surface area contributed by atoms with E-state index in [0.29, 0.717) is 5.69 Å². The van der Waals surface area contributed by atoms with Gasteiger partial charge in [0.2, 0.25) is 0 Å². The van der Waals surface area contributed by atoms with Gasteiger partial charge in [-0.2, -0.15) is 0 Å². The van der Waals surface area contributed by atoms with Gasteiger partial charge >= 0.3 is 5.97 Å². The molecule has 1 aromatic heterocycles. The number of carboxylic acids is 1. The Kier molecular flexibility index (Phi) is 1.40. The Bertz CT molecular complexity index is 231. The Labute approximate surface area is 55.7 Å². The van der Waals surface area contributed by atoms with E-state index in [-0.39, 0.29) is 4.88 Å². The second kappa shape index (κ2) is 2.06. The number of nitrogens with two attached hydrogens (primary N) is 1. The summed E-state index contributed by atoms with van der Waals surface area (Å²) in [7, 11) is 0. The van der Waals surface area contributed by atoms with Gasteiger partial charge in [-0.1, -0.05) is 0 Å². The maximum Gasteiger partial charge on any atom is 0.348 e. The van der Waals surface area contributed by atoms with Gasteiger partial charge in [-0.15, -0.1) is 11.3 Å². The van der Waals surface area contributed by atoms with Crippen molar-refractivity contribution in [2.24, 2.45) is 0 Å². The van der Waals surface area contributed by atoms with Gasteiger partial charge in [-0.3, -0.25) is 0 Å². The minimum Gasteiger partial charge on any atom is -0.477 e. The predicted octanol–water partition coefficient (Wildman–Crippen LogP) is 1.03. The number of carbonyl (C=O) groups is 1. The summed E-state index contributed by atoms with van der Waals surface area (Å²) in [4.78, 5) is 10.4. The fourth-order valence-corrected chi connectivity index (χ4v) is 1.15. The zero-order valence-electron chi connectivity index (χ0n) is 4.50. The van der Waals surface area contributed by atoms with Gasteiger partial charge in [0.05, 0.1) is 5.69 Å². The van der Waals surface area contributed by atoms with E-state index in [1.54, 1.807) is 11.4 Å². The van der Waals surface area contributed by atoms with Crippen molar-refractivity contribution < 1.29 is 9.90 Å². The molecular weight excluding hydrogens is 138 g/mol. The number of hydrogen-bond donors (Lipinski definition) is 2. The highest BCUT2D eigenvalue weighted by atomic mass is 32.1. The number of rotatable bonds is 1. The standard InChI is InChI=1S/C5H5NO2S/c6-3-1-2-9-4(3)5(7)8/h1-2H,6H2,(H,7,8). The van der Waals surface area contributed by atoms with Gasteiger partial charge in [-0.05, 0) is 11.4 Å². The molecule has 0 spiro atoms. The molecule has 0 saturated heterocycles. The third-order valence-corrected chi connectivity index (χ3v) is 1.81. The largest absolute Gasteiger partial charge is 0.477 e. The second-order valence-electron chi connectivity index (χ2n) is 1.51. The molecule has 0 amide bonds. The monoisotopic (exact) mass is 143 g/mol. The second-order valence-corrected chi connectivity index (χ2v) is 2.43. The SMILES string of the molecule is Nc1ccsc1C(=O)O. The molecule has 48 valence electrons. The van der Waals surface area contributed by atoms with E-state index in [4.69, 9.17) is 10.8 Å². The van der Waals surface area contributed by atoms with Crippen molar-refractivity contribution in [2.45, 2.75) is 0 Å². The lowest BCUT2D eigenvalue weighted by molar-refractivity contribution is 0.0703. The van der Waals surface area contributed by atoms with Gasteiger partial charge in [0.15, 0.2) is 0 Å². The Balaban J connectivity index is 3.08. The third kappa shape index (κ3) is 1.02. The van der Waals surface area contributed by atoms with Gasteiger partial charge in [0.1, 0.15) is 4.88 Å². The summed E-state index contributed by atoms with van der Waals surface area (Å²) in [5.41, 5.74) is 5.61. The minimum atomic E-state index is -0.956. The average molecular weight is 143 g/mol. The predicted molar refractivity (Wildman–Crippen MR) is 35.7 cm³/mol. The highest BCUT2D eigenvalue weighted by Crippen LogP contribution is 2.17. The number of aromatic carboxylic acids is 1. The Morgan fingerprint density at radius 1 is 1.78 bits per heavy atom. The molecule has 4 heteroatoms. The fourth-order valence-electron chi connectivity index (χ4n) is 0.493. The average Bonchev–Trinajstić information content (AvgIpc) is 2.13.